The first kappa shape index (κ1) is 32.0. The van der Waals surface area contributed by atoms with Crippen molar-refractivity contribution < 1.29 is 0 Å². The Bertz CT molecular complexity index is 2220. The zero-order valence-electron chi connectivity index (χ0n) is 30.2. The molecule has 4 bridgehead atoms. The lowest BCUT2D eigenvalue weighted by Gasteiger charge is -2.57. The van der Waals surface area contributed by atoms with E-state index in [2.05, 4.69) is 187 Å². The van der Waals surface area contributed by atoms with E-state index < -0.39 is 0 Å². The standard InChI is InChI=1S/C52H45N/c1-3-11-44(12-4-1)48-15-7-9-17-50(48)53(51-18-10-8-16-49(51)45-13-5-2-6-14-45)47-29-25-43(26-30-47)41-21-19-40(20-22-41)42-23-27-46(28-24-42)52-34-37-31-38(35-52)33-39(32-37)36-52/h1-30,37-39H,31-36H2. The van der Waals surface area contributed by atoms with E-state index in [1.807, 2.05) is 0 Å². The third kappa shape index (κ3) is 5.99. The van der Waals surface area contributed by atoms with Crippen LogP contribution < -0.4 is 4.90 Å². The molecule has 0 heterocycles. The molecule has 4 fully saturated rings. The number of benzene rings is 7. The molecular formula is C52H45N. The summed E-state index contributed by atoms with van der Waals surface area (Å²) < 4.78 is 0. The molecule has 7 aromatic rings. The van der Waals surface area contributed by atoms with Crippen LogP contribution in [0.15, 0.2) is 182 Å². The second kappa shape index (κ2) is 13.4. The molecule has 7 aromatic carbocycles. The van der Waals surface area contributed by atoms with Gasteiger partial charge in [-0.15, -0.1) is 0 Å². The first-order valence-corrected chi connectivity index (χ1v) is 19.6. The lowest BCUT2D eigenvalue weighted by molar-refractivity contribution is -0.00518. The average Bonchev–Trinajstić information content (AvgIpc) is 3.22. The second-order valence-corrected chi connectivity index (χ2v) is 16.0. The quantitative estimate of drug-likeness (QED) is 0.154. The fourth-order valence-electron chi connectivity index (χ4n) is 10.6. The van der Waals surface area contributed by atoms with Crippen LogP contribution in [0.25, 0.3) is 44.5 Å². The zero-order valence-corrected chi connectivity index (χ0v) is 30.2. The highest BCUT2D eigenvalue weighted by atomic mass is 15.1. The van der Waals surface area contributed by atoms with Crippen molar-refractivity contribution in [1.82, 2.24) is 0 Å². The van der Waals surface area contributed by atoms with Gasteiger partial charge in [-0.1, -0.05) is 158 Å². The van der Waals surface area contributed by atoms with Gasteiger partial charge in [0.25, 0.3) is 0 Å². The van der Waals surface area contributed by atoms with Crippen LogP contribution in [0.1, 0.15) is 44.1 Å². The normalized spacial score (nSPS) is 21.4. The van der Waals surface area contributed by atoms with Crippen LogP contribution >= 0.6 is 0 Å². The Kier molecular flexibility index (Phi) is 8.09. The maximum Gasteiger partial charge on any atom is 0.0540 e. The first-order valence-electron chi connectivity index (χ1n) is 19.6. The van der Waals surface area contributed by atoms with Gasteiger partial charge in [-0.05, 0) is 125 Å². The number of nitrogens with zero attached hydrogens (tertiary/aromatic N) is 1. The van der Waals surface area contributed by atoms with Gasteiger partial charge in [0, 0.05) is 16.8 Å². The summed E-state index contributed by atoms with van der Waals surface area (Å²) in [5.41, 5.74) is 15.3. The Labute approximate surface area is 314 Å². The number of hydrogen-bond acceptors (Lipinski definition) is 1. The highest BCUT2D eigenvalue weighted by Crippen LogP contribution is 2.60. The summed E-state index contributed by atoms with van der Waals surface area (Å²) in [5, 5.41) is 0. The van der Waals surface area contributed by atoms with Crippen LogP contribution in [0.2, 0.25) is 0 Å². The second-order valence-electron chi connectivity index (χ2n) is 16.0. The molecule has 258 valence electrons. The monoisotopic (exact) mass is 683 g/mol. The predicted octanol–water partition coefficient (Wildman–Crippen LogP) is 14.3. The molecule has 4 saturated carbocycles. The van der Waals surface area contributed by atoms with Crippen molar-refractivity contribution in [2.24, 2.45) is 17.8 Å². The van der Waals surface area contributed by atoms with Gasteiger partial charge in [0.15, 0.2) is 0 Å². The van der Waals surface area contributed by atoms with E-state index in [4.69, 9.17) is 0 Å². The van der Waals surface area contributed by atoms with E-state index in [1.54, 1.807) is 5.56 Å². The number of anilines is 3. The van der Waals surface area contributed by atoms with Gasteiger partial charge in [0.05, 0.1) is 11.4 Å². The summed E-state index contributed by atoms with van der Waals surface area (Å²) in [6, 6.07) is 66.9. The molecule has 0 radical (unpaired) electrons. The van der Waals surface area contributed by atoms with Crippen LogP contribution in [0.5, 0.6) is 0 Å². The molecule has 0 unspecified atom stereocenters. The lowest BCUT2D eigenvalue weighted by atomic mass is 9.48. The van der Waals surface area contributed by atoms with E-state index >= 15 is 0 Å². The van der Waals surface area contributed by atoms with E-state index in [-0.39, 0.29) is 0 Å². The van der Waals surface area contributed by atoms with Crippen molar-refractivity contribution in [3.05, 3.63) is 188 Å². The number of rotatable bonds is 8. The molecule has 0 spiro atoms. The van der Waals surface area contributed by atoms with Gasteiger partial charge in [0.1, 0.15) is 0 Å². The molecule has 0 aromatic heterocycles. The van der Waals surface area contributed by atoms with Crippen molar-refractivity contribution in [3.63, 3.8) is 0 Å². The molecule has 1 heteroatoms. The minimum Gasteiger partial charge on any atom is -0.309 e. The van der Waals surface area contributed by atoms with Gasteiger partial charge in [0.2, 0.25) is 0 Å². The lowest BCUT2D eigenvalue weighted by Crippen LogP contribution is -2.48. The highest BCUT2D eigenvalue weighted by Gasteiger charge is 2.51. The molecule has 4 aliphatic rings. The maximum atomic E-state index is 2.47. The summed E-state index contributed by atoms with van der Waals surface area (Å²) in [7, 11) is 0. The molecule has 0 atom stereocenters. The topological polar surface area (TPSA) is 3.24 Å². The summed E-state index contributed by atoms with van der Waals surface area (Å²) >= 11 is 0. The largest absolute Gasteiger partial charge is 0.309 e. The minimum atomic E-state index is 0.451. The summed E-state index contributed by atoms with van der Waals surface area (Å²) in [6.07, 6.45) is 8.74. The van der Waals surface area contributed by atoms with Gasteiger partial charge in [-0.3, -0.25) is 0 Å². The predicted molar refractivity (Wildman–Crippen MR) is 223 cm³/mol. The van der Waals surface area contributed by atoms with Gasteiger partial charge < -0.3 is 4.90 Å². The molecule has 53 heavy (non-hydrogen) atoms. The zero-order chi connectivity index (χ0) is 35.2. The Balaban J connectivity index is 0.964. The molecule has 1 nitrogen and oxygen atoms in total. The van der Waals surface area contributed by atoms with Crippen LogP contribution in [-0.2, 0) is 5.41 Å². The van der Waals surface area contributed by atoms with E-state index in [9.17, 15) is 0 Å². The van der Waals surface area contributed by atoms with Crippen molar-refractivity contribution in [3.8, 4) is 44.5 Å². The van der Waals surface area contributed by atoms with Gasteiger partial charge in [-0.25, -0.2) is 0 Å². The molecule has 0 aliphatic heterocycles. The highest BCUT2D eigenvalue weighted by molar-refractivity contribution is 5.93. The van der Waals surface area contributed by atoms with Crippen molar-refractivity contribution in [1.29, 1.82) is 0 Å². The van der Waals surface area contributed by atoms with Crippen molar-refractivity contribution >= 4 is 17.1 Å². The minimum absolute atomic E-state index is 0.451. The van der Waals surface area contributed by atoms with Gasteiger partial charge in [-0.2, -0.15) is 0 Å². The smallest absolute Gasteiger partial charge is 0.0540 e. The molecular weight excluding hydrogens is 639 g/mol. The fraction of sp³-hybridized carbons (Fsp3) is 0.192. The molecule has 0 amide bonds. The van der Waals surface area contributed by atoms with E-state index in [0.29, 0.717) is 5.41 Å². The molecule has 4 aliphatic carbocycles. The third-order valence-corrected chi connectivity index (χ3v) is 12.7. The number of hydrogen-bond donors (Lipinski definition) is 0. The maximum absolute atomic E-state index is 2.47. The average molecular weight is 684 g/mol. The van der Waals surface area contributed by atoms with Gasteiger partial charge >= 0.3 is 0 Å². The van der Waals surface area contributed by atoms with Crippen LogP contribution in [0.4, 0.5) is 17.1 Å². The van der Waals surface area contributed by atoms with Crippen LogP contribution in [0, 0.1) is 17.8 Å². The Hall–Kier alpha value is -5.66. The third-order valence-electron chi connectivity index (χ3n) is 12.7. The number of para-hydroxylation sites is 2. The fourth-order valence-corrected chi connectivity index (χ4v) is 10.6. The SMILES string of the molecule is c1ccc(-c2ccccc2N(c2ccc(-c3ccc(-c4ccc(C56CC7CC(CC(C7)C5)C6)cc4)cc3)cc2)c2ccccc2-c2ccccc2)cc1. The van der Waals surface area contributed by atoms with Crippen LogP contribution in [0.3, 0.4) is 0 Å². The Morgan fingerprint density at radius 3 is 1.13 bits per heavy atom. The summed E-state index contributed by atoms with van der Waals surface area (Å²) in [5.74, 6) is 2.92. The summed E-state index contributed by atoms with van der Waals surface area (Å²) in [6.45, 7) is 0. The molecule has 0 N–H and O–H groups in total. The first-order chi connectivity index (χ1) is 26.2. The molecule has 0 saturated heterocycles. The Morgan fingerprint density at radius 2 is 0.698 bits per heavy atom. The Morgan fingerprint density at radius 1 is 0.340 bits per heavy atom. The van der Waals surface area contributed by atoms with Crippen molar-refractivity contribution in [2.75, 3.05) is 4.90 Å². The van der Waals surface area contributed by atoms with E-state index in [1.165, 1.54) is 83.0 Å². The molecule has 11 rings (SSSR count). The van der Waals surface area contributed by atoms with E-state index in [0.717, 1.165) is 34.8 Å². The van der Waals surface area contributed by atoms with Crippen molar-refractivity contribution in [2.45, 2.75) is 43.9 Å². The van der Waals surface area contributed by atoms with Crippen LogP contribution in [-0.4, -0.2) is 0 Å². The summed E-state index contributed by atoms with van der Waals surface area (Å²) in [4.78, 5) is 2.42.